The van der Waals surface area contributed by atoms with Crippen LogP contribution >= 0.6 is 0 Å². The Morgan fingerprint density at radius 1 is 1.21 bits per heavy atom. The lowest BCUT2D eigenvalue weighted by molar-refractivity contribution is -0.125. The number of rotatable bonds is 6. The number of para-hydroxylation sites is 1. The van der Waals surface area contributed by atoms with Gasteiger partial charge in [-0.2, -0.15) is 0 Å². The number of aromatic nitrogens is 1. The molecule has 29 heavy (non-hydrogen) atoms. The molecule has 150 valence electrons. The summed E-state index contributed by atoms with van der Waals surface area (Å²) in [5.74, 6) is -0.697. The number of anilines is 2. The molecule has 0 radical (unpaired) electrons. The van der Waals surface area contributed by atoms with E-state index < -0.39 is 5.92 Å². The van der Waals surface area contributed by atoms with Crippen LogP contribution in [0.5, 0.6) is 0 Å². The highest BCUT2D eigenvalue weighted by Gasteiger charge is 2.35. The zero-order valence-corrected chi connectivity index (χ0v) is 16.0. The van der Waals surface area contributed by atoms with E-state index >= 15 is 0 Å². The zero-order valence-electron chi connectivity index (χ0n) is 16.0. The number of hydrogen-bond donors (Lipinski definition) is 5. The molecule has 1 aliphatic carbocycles. The van der Waals surface area contributed by atoms with Crippen molar-refractivity contribution in [3.63, 3.8) is 0 Å². The monoisotopic (exact) mass is 392 g/mol. The maximum atomic E-state index is 13.0. The Hall–Kier alpha value is -3.32. The molecule has 0 saturated heterocycles. The van der Waals surface area contributed by atoms with Crippen molar-refractivity contribution in [1.29, 1.82) is 0 Å². The topological polar surface area (TPSA) is 106 Å². The molecular weight excluding hydrogens is 368 g/mol. The molecule has 4 rings (SSSR count). The van der Waals surface area contributed by atoms with Crippen molar-refractivity contribution >= 4 is 28.6 Å². The van der Waals surface area contributed by atoms with Crippen LogP contribution in [0.1, 0.15) is 28.2 Å². The van der Waals surface area contributed by atoms with Gasteiger partial charge in [0.25, 0.3) is 0 Å². The van der Waals surface area contributed by atoms with Crippen LogP contribution in [0.3, 0.4) is 0 Å². The fraction of sp³-hybridized carbons (Fsp3) is 0.273. The first kappa shape index (κ1) is 19.0. The Morgan fingerprint density at radius 3 is 2.76 bits per heavy atom. The minimum absolute atomic E-state index is 0.0603. The number of carbonyl (C=O) groups excluding carboxylic acids is 2. The molecule has 1 unspecified atom stereocenters. The normalized spacial score (nSPS) is 17.9. The Bertz CT molecular complexity index is 975. The van der Waals surface area contributed by atoms with Crippen LogP contribution in [0.15, 0.2) is 48.7 Å². The lowest BCUT2D eigenvalue weighted by Crippen LogP contribution is -2.37. The lowest BCUT2D eigenvalue weighted by atomic mass is 9.85. The van der Waals surface area contributed by atoms with Crippen molar-refractivity contribution in [3.05, 3.63) is 65.6 Å². The molecule has 1 aromatic heterocycles. The highest BCUT2D eigenvalue weighted by Crippen LogP contribution is 2.38. The Labute approximate surface area is 168 Å². The molecule has 7 heteroatoms. The summed E-state index contributed by atoms with van der Waals surface area (Å²) in [5.41, 5.74) is 4.88. The predicted octanol–water partition coefficient (Wildman–Crippen LogP) is 2.11. The number of amides is 1. The van der Waals surface area contributed by atoms with Crippen molar-refractivity contribution in [2.45, 2.75) is 12.8 Å². The number of nitrogens with one attached hydrogen (secondary N) is 4. The highest BCUT2D eigenvalue weighted by atomic mass is 16.3. The van der Waals surface area contributed by atoms with Crippen molar-refractivity contribution in [2.24, 2.45) is 5.92 Å². The number of carbonyl (C=O) groups is 2. The third kappa shape index (κ3) is 3.95. The molecule has 7 nitrogen and oxygen atoms in total. The van der Waals surface area contributed by atoms with Gasteiger partial charge in [0.2, 0.25) is 5.91 Å². The molecular formula is C22H24N4O3. The molecule has 1 aromatic carbocycles. The van der Waals surface area contributed by atoms with Gasteiger partial charge in [-0.25, -0.2) is 0 Å². The summed E-state index contributed by atoms with van der Waals surface area (Å²) in [7, 11) is 0. The molecule has 0 spiro atoms. The van der Waals surface area contributed by atoms with Crippen molar-refractivity contribution in [3.8, 4) is 0 Å². The van der Waals surface area contributed by atoms with Gasteiger partial charge in [-0.1, -0.05) is 24.3 Å². The molecule has 0 fully saturated rings. The maximum Gasteiger partial charge on any atom is 0.224 e. The second-order valence-electron chi connectivity index (χ2n) is 7.16. The summed E-state index contributed by atoms with van der Waals surface area (Å²) in [6.07, 6.45) is 6.52. The highest BCUT2D eigenvalue weighted by molar-refractivity contribution is 6.08. The van der Waals surface area contributed by atoms with E-state index in [1.54, 1.807) is 0 Å². The molecule has 1 aliphatic heterocycles. The van der Waals surface area contributed by atoms with Gasteiger partial charge in [0.1, 0.15) is 0 Å². The van der Waals surface area contributed by atoms with E-state index in [2.05, 4.69) is 27.0 Å². The molecule has 2 aromatic rings. The van der Waals surface area contributed by atoms with Crippen LogP contribution in [-0.2, 0) is 11.2 Å². The Morgan fingerprint density at radius 2 is 2.03 bits per heavy atom. The van der Waals surface area contributed by atoms with Crippen LogP contribution in [0, 0.1) is 5.92 Å². The van der Waals surface area contributed by atoms with E-state index in [-0.39, 0.29) is 31.3 Å². The number of allylic oxidation sites excluding steroid dienone is 2. The lowest BCUT2D eigenvalue weighted by Gasteiger charge is -2.21. The maximum absolute atomic E-state index is 13.0. The van der Waals surface area contributed by atoms with Gasteiger partial charge >= 0.3 is 0 Å². The number of aliphatic hydroxyl groups is 1. The minimum atomic E-state index is -0.435. The van der Waals surface area contributed by atoms with Gasteiger partial charge < -0.3 is 26.0 Å². The standard InChI is InChI=1S/C22H24N4O3/c27-11-10-24-22(29)15-12-17-19(18(28)13-15)21(25-16-4-2-1-3-5-16)20(26-17)14-6-8-23-9-7-14/h1-8,15,23,25-27H,9-13H2,(H,24,29). The number of ketones is 1. The molecule has 2 heterocycles. The van der Waals surface area contributed by atoms with Gasteiger partial charge in [-0.3, -0.25) is 9.59 Å². The van der Waals surface area contributed by atoms with E-state index in [4.69, 9.17) is 5.11 Å². The average molecular weight is 392 g/mol. The van der Waals surface area contributed by atoms with E-state index in [0.717, 1.165) is 28.3 Å². The average Bonchev–Trinajstić information content (AvgIpc) is 3.12. The number of dihydropyridines is 1. The fourth-order valence-corrected chi connectivity index (χ4v) is 3.81. The smallest absolute Gasteiger partial charge is 0.224 e. The predicted molar refractivity (Wildman–Crippen MR) is 112 cm³/mol. The van der Waals surface area contributed by atoms with Crippen LogP contribution in [-0.4, -0.2) is 41.5 Å². The first-order valence-electron chi connectivity index (χ1n) is 9.76. The van der Waals surface area contributed by atoms with Crippen molar-refractivity contribution < 1.29 is 14.7 Å². The van der Waals surface area contributed by atoms with Crippen LogP contribution in [0.4, 0.5) is 11.4 Å². The quantitative estimate of drug-likeness (QED) is 0.518. The van der Waals surface area contributed by atoms with Crippen molar-refractivity contribution in [2.75, 3.05) is 25.0 Å². The number of hydrogen-bond acceptors (Lipinski definition) is 5. The van der Waals surface area contributed by atoms with Gasteiger partial charge in [0, 0.05) is 37.3 Å². The first-order chi connectivity index (χ1) is 14.2. The minimum Gasteiger partial charge on any atom is -0.395 e. The summed E-state index contributed by atoms with van der Waals surface area (Å²) >= 11 is 0. The Balaban J connectivity index is 1.72. The van der Waals surface area contributed by atoms with Crippen LogP contribution in [0.2, 0.25) is 0 Å². The van der Waals surface area contributed by atoms with E-state index in [9.17, 15) is 9.59 Å². The molecule has 0 bridgehead atoms. The Kier molecular flexibility index (Phi) is 5.48. The number of benzene rings is 1. The summed E-state index contributed by atoms with van der Waals surface area (Å²) < 4.78 is 0. The van der Waals surface area contributed by atoms with Crippen molar-refractivity contribution in [1.82, 2.24) is 15.6 Å². The van der Waals surface area contributed by atoms with E-state index in [1.165, 1.54) is 0 Å². The summed E-state index contributed by atoms with van der Waals surface area (Å²) in [5, 5.41) is 18.2. The summed E-state index contributed by atoms with van der Waals surface area (Å²) in [4.78, 5) is 28.8. The molecule has 2 aliphatic rings. The van der Waals surface area contributed by atoms with Crippen LogP contribution < -0.4 is 16.0 Å². The van der Waals surface area contributed by atoms with Crippen LogP contribution in [0.25, 0.3) is 5.57 Å². The molecule has 1 amide bonds. The molecule has 5 N–H and O–H groups in total. The number of H-pyrrole nitrogens is 1. The van der Waals surface area contributed by atoms with E-state index in [1.807, 2.05) is 42.6 Å². The molecule has 1 atom stereocenters. The third-order valence-corrected chi connectivity index (χ3v) is 5.17. The van der Waals surface area contributed by atoms with Gasteiger partial charge in [0.05, 0.1) is 29.5 Å². The number of aromatic amines is 1. The molecule has 0 saturated carbocycles. The largest absolute Gasteiger partial charge is 0.395 e. The van der Waals surface area contributed by atoms with Gasteiger partial charge in [-0.15, -0.1) is 0 Å². The zero-order chi connectivity index (χ0) is 20.2. The second-order valence-corrected chi connectivity index (χ2v) is 7.16. The summed E-state index contributed by atoms with van der Waals surface area (Å²) in [6.45, 7) is 0.780. The van der Waals surface area contributed by atoms with E-state index in [0.29, 0.717) is 18.5 Å². The van der Waals surface area contributed by atoms with Gasteiger partial charge in [-0.05, 0) is 30.0 Å². The summed E-state index contributed by atoms with van der Waals surface area (Å²) in [6, 6.07) is 9.72. The van der Waals surface area contributed by atoms with Gasteiger partial charge in [0.15, 0.2) is 5.78 Å². The fourth-order valence-electron chi connectivity index (χ4n) is 3.81. The number of fused-ring (bicyclic) bond motifs is 1. The SMILES string of the molecule is O=C1CC(C(=O)NCCO)Cc2[nH]c(C3=CCNC=C3)c(Nc3ccccc3)c21. The second kappa shape index (κ2) is 8.36. The number of aliphatic hydroxyl groups excluding tert-OH is 1. The number of Topliss-reactive ketones (excluding diaryl/α,β-unsaturated/α-hetero) is 1. The third-order valence-electron chi connectivity index (χ3n) is 5.17. The first-order valence-corrected chi connectivity index (χ1v) is 9.76.